The second kappa shape index (κ2) is 10.6. The SMILES string of the molecule is Cc1cnc(SCc2cccnc2)nc1C1CCCN(C(=O)c2cccc(N3CCCC3=O)c2)C1. The molecule has 7 nitrogen and oxygen atoms in total. The Morgan fingerprint density at radius 1 is 1.14 bits per heavy atom. The Balaban J connectivity index is 1.29. The van der Waals surface area contributed by atoms with E-state index in [2.05, 4.69) is 9.97 Å². The number of thioether (sulfide) groups is 1. The number of rotatable bonds is 6. The van der Waals surface area contributed by atoms with Crippen molar-refractivity contribution in [1.82, 2.24) is 19.9 Å². The lowest BCUT2D eigenvalue weighted by molar-refractivity contribution is -0.117. The summed E-state index contributed by atoms with van der Waals surface area (Å²) < 4.78 is 0. The maximum atomic E-state index is 13.4. The maximum Gasteiger partial charge on any atom is 0.253 e. The van der Waals surface area contributed by atoms with Crippen molar-refractivity contribution in [3.63, 3.8) is 0 Å². The van der Waals surface area contributed by atoms with E-state index in [1.54, 1.807) is 22.9 Å². The lowest BCUT2D eigenvalue weighted by Gasteiger charge is -2.33. The summed E-state index contributed by atoms with van der Waals surface area (Å²) in [6.45, 7) is 4.13. The minimum Gasteiger partial charge on any atom is -0.338 e. The van der Waals surface area contributed by atoms with Gasteiger partial charge in [0.2, 0.25) is 5.91 Å². The predicted molar refractivity (Wildman–Crippen MR) is 136 cm³/mol. The van der Waals surface area contributed by atoms with Gasteiger partial charge in [0.25, 0.3) is 5.91 Å². The summed E-state index contributed by atoms with van der Waals surface area (Å²) in [4.78, 5) is 42.9. The van der Waals surface area contributed by atoms with Gasteiger partial charge in [-0.3, -0.25) is 14.6 Å². The molecule has 2 aromatic heterocycles. The van der Waals surface area contributed by atoms with Crippen LogP contribution in [0.15, 0.2) is 60.1 Å². The topological polar surface area (TPSA) is 79.3 Å². The molecule has 0 aliphatic carbocycles. The summed E-state index contributed by atoms with van der Waals surface area (Å²) in [7, 11) is 0. The molecule has 2 saturated heterocycles. The predicted octanol–water partition coefficient (Wildman–Crippen LogP) is 4.62. The molecule has 1 unspecified atom stereocenters. The second-order valence-corrected chi connectivity index (χ2v) is 10.1. The molecule has 2 aliphatic heterocycles. The van der Waals surface area contributed by atoms with Gasteiger partial charge in [-0.15, -0.1) is 0 Å². The van der Waals surface area contributed by atoms with Crippen LogP contribution in [0.2, 0.25) is 0 Å². The van der Waals surface area contributed by atoms with Crippen molar-refractivity contribution in [2.24, 2.45) is 0 Å². The lowest BCUT2D eigenvalue weighted by atomic mass is 9.92. The molecule has 1 atom stereocenters. The van der Waals surface area contributed by atoms with Gasteiger partial charge in [0.05, 0.1) is 5.69 Å². The van der Waals surface area contributed by atoms with E-state index in [0.29, 0.717) is 18.5 Å². The molecule has 0 N–H and O–H groups in total. The van der Waals surface area contributed by atoms with E-state index in [-0.39, 0.29) is 17.7 Å². The zero-order valence-corrected chi connectivity index (χ0v) is 20.7. The highest BCUT2D eigenvalue weighted by molar-refractivity contribution is 7.98. The number of likely N-dealkylation sites (tertiary alicyclic amines) is 1. The van der Waals surface area contributed by atoms with Crippen LogP contribution in [0.1, 0.15) is 58.8 Å². The van der Waals surface area contributed by atoms with Gasteiger partial charge < -0.3 is 9.80 Å². The lowest BCUT2D eigenvalue weighted by Crippen LogP contribution is -2.39. The van der Waals surface area contributed by atoms with E-state index in [1.807, 2.05) is 60.6 Å². The average Bonchev–Trinajstić information content (AvgIpc) is 3.34. The summed E-state index contributed by atoms with van der Waals surface area (Å²) in [5.74, 6) is 1.09. The average molecular weight is 488 g/mol. The molecule has 2 aliphatic rings. The fourth-order valence-electron chi connectivity index (χ4n) is 4.85. The Morgan fingerprint density at radius 2 is 2.06 bits per heavy atom. The van der Waals surface area contributed by atoms with Crippen LogP contribution in [0.4, 0.5) is 5.69 Å². The highest BCUT2D eigenvalue weighted by atomic mass is 32.2. The van der Waals surface area contributed by atoms with Crippen LogP contribution < -0.4 is 4.90 Å². The largest absolute Gasteiger partial charge is 0.338 e. The van der Waals surface area contributed by atoms with Crippen molar-refractivity contribution >= 4 is 29.3 Å². The van der Waals surface area contributed by atoms with Crippen LogP contribution in [-0.2, 0) is 10.5 Å². The fraction of sp³-hybridized carbons (Fsp3) is 0.370. The molecule has 4 heterocycles. The van der Waals surface area contributed by atoms with Gasteiger partial charge in [-0.25, -0.2) is 9.97 Å². The van der Waals surface area contributed by atoms with Crippen molar-refractivity contribution in [2.45, 2.75) is 49.4 Å². The van der Waals surface area contributed by atoms with Gasteiger partial charge in [0.1, 0.15) is 0 Å². The minimum absolute atomic E-state index is 0.0149. The number of pyridine rings is 1. The number of aryl methyl sites for hydroxylation is 1. The molecule has 180 valence electrons. The first-order chi connectivity index (χ1) is 17.1. The molecule has 1 aromatic carbocycles. The smallest absolute Gasteiger partial charge is 0.253 e. The van der Waals surface area contributed by atoms with E-state index in [4.69, 9.17) is 4.98 Å². The molecule has 35 heavy (non-hydrogen) atoms. The Hall–Kier alpha value is -3.26. The summed E-state index contributed by atoms with van der Waals surface area (Å²) in [5.41, 5.74) is 4.67. The normalized spacial score (nSPS) is 18.2. The summed E-state index contributed by atoms with van der Waals surface area (Å²) in [5, 5.41) is 0.751. The van der Waals surface area contributed by atoms with Crippen LogP contribution in [-0.4, -0.2) is 51.3 Å². The summed E-state index contributed by atoms with van der Waals surface area (Å²) in [6, 6.07) is 11.5. The number of aromatic nitrogens is 3. The van der Waals surface area contributed by atoms with Crippen LogP contribution >= 0.6 is 11.8 Å². The Kier molecular flexibility index (Phi) is 7.08. The number of nitrogens with zero attached hydrogens (tertiary/aromatic N) is 5. The summed E-state index contributed by atoms with van der Waals surface area (Å²) in [6.07, 6.45) is 8.90. The number of piperidine rings is 1. The van der Waals surface area contributed by atoms with Crippen molar-refractivity contribution < 1.29 is 9.59 Å². The zero-order valence-electron chi connectivity index (χ0n) is 19.9. The van der Waals surface area contributed by atoms with Gasteiger partial charge in [-0.05, 0) is 61.6 Å². The third kappa shape index (κ3) is 5.37. The Labute approximate surface area is 210 Å². The molecule has 0 spiro atoms. The standard InChI is InChI=1S/C27H29N5O2S/c1-19-15-29-27(35-18-20-6-3-11-28-16-20)30-25(19)22-8-4-12-31(17-22)26(34)21-7-2-9-23(14-21)32-13-5-10-24(32)33/h2-3,6-7,9,11,14-16,22H,4-5,8,10,12-13,17-18H2,1H3. The highest BCUT2D eigenvalue weighted by Crippen LogP contribution is 2.31. The number of hydrogen-bond donors (Lipinski definition) is 0. The Bertz CT molecular complexity index is 1220. The van der Waals surface area contributed by atoms with Crippen molar-refractivity contribution in [3.8, 4) is 0 Å². The molecule has 2 amide bonds. The van der Waals surface area contributed by atoms with Crippen LogP contribution in [0.25, 0.3) is 0 Å². The van der Waals surface area contributed by atoms with E-state index >= 15 is 0 Å². The van der Waals surface area contributed by atoms with Gasteiger partial charge >= 0.3 is 0 Å². The monoisotopic (exact) mass is 487 g/mol. The first kappa shape index (κ1) is 23.5. The first-order valence-corrected chi connectivity index (χ1v) is 13.1. The molecule has 0 radical (unpaired) electrons. The molecule has 2 fully saturated rings. The molecule has 8 heteroatoms. The van der Waals surface area contributed by atoms with E-state index in [1.165, 1.54) is 0 Å². The van der Waals surface area contributed by atoms with Crippen LogP contribution in [0.3, 0.4) is 0 Å². The van der Waals surface area contributed by atoms with E-state index in [0.717, 1.165) is 65.8 Å². The number of anilines is 1. The number of benzene rings is 1. The quantitative estimate of drug-likeness (QED) is 0.373. The fourth-order valence-corrected chi connectivity index (χ4v) is 5.60. The molecule has 3 aromatic rings. The van der Waals surface area contributed by atoms with Crippen molar-refractivity contribution in [2.75, 3.05) is 24.5 Å². The first-order valence-electron chi connectivity index (χ1n) is 12.1. The third-order valence-corrected chi connectivity index (χ3v) is 7.59. The minimum atomic E-state index is 0.0149. The molecule has 0 saturated carbocycles. The van der Waals surface area contributed by atoms with Crippen molar-refractivity contribution in [3.05, 3.63) is 77.4 Å². The Morgan fingerprint density at radius 3 is 2.86 bits per heavy atom. The number of carbonyl (C=O) groups excluding carboxylic acids is 2. The number of carbonyl (C=O) groups is 2. The van der Waals surface area contributed by atoms with Crippen LogP contribution in [0.5, 0.6) is 0 Å². The van der Waals surface area contributed by atoms with Gasteiger partial charge in [-0.1, -0.05) is 23.9 Å². The van der Waals surface area contributed by atoms with Crippen molar-refractivity contribution in [1.29, 1.82) is 0 Å². The second-order valence-electron chi connectivity index (χ2n) is 9.16. The molecule has 5 rings (SSSR count). The van der Waals surface area contributed by atoms with Gasteiger partial charge in [-0.2, -0.15) is 0 Å². The highest BCUT2D eigenvalue weighted by Gasteiger charge is 2.29. The van der Waals surface area contributed by atoms with E-state index < -0.39 is 0 Å². The third-order valence-electron chi connectivity index (χ3n) is 6.65. The molecular formula is C27H29N5O2S. The summed E-state index contributed by atoms with van der Waals surface area (Å²) >= 11 is 1.60. The van der Waals surface area contributed by atoms with E-state index in [9.17, 15) is 9.59 Å². The number of hydrogen-bond acceptors (Lipinski definition) is 6. The molecular weight excluding hydrogens is 458 g/mol. The maximum absolute atomic E-state index is 13.4. The van der Waals surface area contributed by atoms with Gasteiger partial charge in [0, 0.05) is 67.6 Å². The van der Waals surface area contributed by atoms with Gasteiger partial charge in [0.15, 0.2) is 5.16 Å². The molecule has 0 bridgehead atoms. The zero-order chi connectivity index (χ0) is 24.2. The van der Waals surface area contributed by atoms with Crippen LogP contribution in [0, 0.1) is 6.92 Å². The number of amides is 2.